The minimum atomic E-state index is -0.889. The zero-order valence-corrected chi connectivity index (χ0v) is 8.13. The van der Waals surface area contributed by atoms with E-state index in [1.807, 2.05) is 0 Å². The predicted octanol–water partition coefficient (Wildman–Crippen LogP) is 4.31. The van der Waals surface area contributed by atoms with E-state index in [0.717, 1.165) is 0 Å². The van der Waals surface area contributed by atoms with E-state index in [0.29, 0.717) is 0 Å². The lowest BCUT2D eigenvalue weighted by Crippen LogP contribution is -1.66. The number of carbonyl (C=O) groups excluding carboxylic acids is 1. The van der Waals surface area contributed by atoms with E-state index >= 15 is 0 Å². The summed E-state index contributed by atoms with van der Waals surface area (Å²) in [4.78, 5) is 8.98. The van der Waals surface area contributed by atoms with Gasteiger partial charge in [0.05, 0.1) is 0 Å². The van der Waals surface area contributed by atoms with Gasteiger partial charge in [-0.2, -0.15) is 0 Å². The van der Waals surface area contributed by atoms with Gasteiger partial charge >= 0.3 is 4.70 Å². The molecule has 66 valence electrons. The van der Waals surface area contributed by atoms with Crippen LogP contribution in [-0.4, -0.2) is 4.70 Å². The second-order valence-corrected chi connectivity index (χ2v) is 3.58. The van der Waals surface area contributed by atoms with Gasteiger partial charge in [0.25, 0.3) is 0 Å². The first-order chi connectivity index (χ1) is 5.23. The van der Waals surface area contributed by atoms with Crippen LogP contribution in [0.4, 0.5) is 4.79 Å². The Labute approximate surface area is 78.1 Å². The highest BCUT2D eigenvalue weighted by atomic mass is 35.5. The first kappa shape index (κ1) is 11.2. The minimum Gasteiger partial charge on any atom is -0.262 e. The highest BCUT2D eigenvalue weighted by Crippen LogP contribution is 2.15. The normalized spacial score (nSPS) is 17.6. The second-order valence-electron chi connectivity index (χ2n) is 2.70. The summed E-state index contributed by atoms with van der Waals surface area (Å²) in [5.74, 6) is 0. The van der Waals surface area contributed by atoms with Crippen molar-refractivity contribution < 1.29 is 4.79 Å². The van der Waals surface area contributed by atoms with Gasteiger partial charge < -0.3 is 0 Å². The van der Waals surface area contributed by atoms with Crippen molar-refractivity contribution in [1.82, 2.24) is 0 Å². The number of rotatable bonds is 0. The Hall–Kier alpha value is 0.250. The molecule has 0 aromatic rings. The van der Waals surface area contributed by atoms with Gasteiger partial charge in [-0.15, -0.1) is 0 Å². The van der Waals surface area contributed by atoms with E-state index in [4.69, 9.17) is 4.79 Å². The third kappa shape index (κ3) is 13.3. The van der Waals surface area contributed by atoms with Crippen LogP contribution in [0.3, 0.4) is 0 Å². The molecule has 1 aliphatic carbocycles. The van der Waals surface area contributed by atoms with Crippen molar-refractivity contribution in [2.45, 2.75) is 44.9 Å². The Morgan fingerprint density at radius 1 is 0.727 bits per heavy atom. The van der Waals surface area contributed by atoms with Gasteiger partial charge in [0.2, 0.25) is 0 Å². The summed E-state index contributed by atoms with van der Waals surface area (Å²) in [6, 6.07) is 0. The summed E-state index contributed by atoms with van der Waals surface area (Å²) < 4.78 is -0.889. The monoisotopic (exact) mass is 196 g/mol. The largest absolute Gasteiger partial charge is 0.313 e. The van der Waals surface area contributed by atoms with Gasteiger partial charge in [-0.3, -0.25) is 4.79 Å². The number of hydrogen-bond donors (Lipinski definition) is 0. The van der Waals surface area contributed by atoms with E-state index in [1.54, 1.807) is 0 Å². The van der Waals surface area contributed by atoms with E-state index in [-0.39, 0.29) is 0 Å². The number of carbonyl (C=O) groups is 1. The standard InChI is InChI=1S/C7H14.CCl2O/c1-2-4-6-7-5-3-1;2-1(3)4/h1-7H2;. The fourth-order valence-corrected chi connectivity index (χ4v) is 1.24. The minimum absolute atomic E-state index is 0.889. The third-order valence-corrected chi connectivity index (χ3v) is 1.75. The molecule has 1 nitrogen and oxygen atoms in total. The molecule has 1 saturated carbocycles. The van der Waals surface area contributed by atoms with Crippen LogP contribution in [0.15, 0.2) is 0 Å². The summed E-state index contributed by atoms with van der Waals surface area (Å²) in [7, 11) is 0. The molecule has 0 amide bonds. The van der Waals surface area contributed by atoms with Crippen molar-refractivity contribution in [3.63, 3.8) is 0 Å². The van der Waals surface area contributed by atoms with Crippen molar-refractivity contribution in [3.8, 4) is 0 Å². The molecule has 11 heavy (non-hydrogen) atoms. The summed E-state index contributed by atoms with van der Waals surface area (Å²) >= 11 is 8.80. The van der Waals surface area contributed by atoms with Crippen LogP contribution >= 0.6 is 23.2 Å². The Kier molecular flexibility index (Phi) is 8.54. The smallest absolute Gasteiger partial charge is 0.262 e. The molecule has 0 N–H and O–H groups in total. The lowest BCUT2D eigenvalue weighted by molar-refractivity contribution is 0.275. The summed E-state index contributed by atoms with van der Waals surface area (Å²) in [6.07, 6.45) is 10.5. The van der Waals surface area contributed by atoms with Crippen LogP contribution in [0, 0.1) is 0 Å². The van der Waals surface area contributed by atoms with Crippen molar-refractivity contribution in [2.24, 2.45) is 0 Å². The molecule has 1 fully saturated rings. The van der Waals surface area contributed by atoms with Gasteiger partial charge in [-0.1, -0.05) is 44.9 Å². The first-order valence-electron chi connectivity index (χ1n) is 4.08. The zero-order valence-electron chi connectivity index (χ0n) is 6.61. The van der Waals surface area contributed by atoms with E-state index < -0.39 is 4.70 Å². The van der Waals surface area contributed by atoms with Crippen molar-refractivity contribution >= 4 is 27.9 Å². The van der Waals surface area contributed by atoms with Gasteiger partial charge in [-0.25, -0.2) is 0 Å². The molecule has 0 atom stereocenters. The van der Waals surface area contributed by atoms with Crippen LogP contribution in [0.5, 0.6) is 0 Å². The van der Waals surface area contributed by atoms with Crippen molar-refractivity contribution in [2.75, 3.05) is 0 Å². The molecule has 0 unspecified atom stereocenters. The maximum absolute atomic E-state index is 8.98. The topological polar surface area (TPSA) is 17.1 Å². The highest BCUT2D eigenvalue weighted by Gasteiger charge is 1.95. The average Bonchev–Trinajstić information content (AvgIpc) is 2.13. The van der Waals surface area contributed by atoms with E-state index in [9.17, 15) is 0 Å². The maximum Gasteiger partial charge on any atom is 0.313 e. The number of halogens is 2. The quantitative estimate of drug-likeness (QED) is 0.417. The summed E-state index contributed by atoms with van der Waals surface area (Å²) in [6.45, 7) is 0. The summed E-state index contributed by atoms with van der Waals surface area (Å²) in [5, 5.41) is 0. The molecule has 3 heteroatoms. The molecule has 0 spiro atoms. The number of hydrogen-bond acceptors (Lipinski definition) is 1. The molecule has 0 heterocycles. The molecule has 0 radical (unpaired) electrons. The highest BCUT2D eigenvalue weighted by molar-refractivity contribution is 6.93. The third-order valence-electron chi connectivity index (χ3n) is 1.75. The maximum atomic E-state index is 8.98. The van der Waals surface area contributed by atoms with Crippen LogP contribution < -0.4 is 0 Å². The summed E-state index contributed by atoms with van der Waals surface area (Å²) in [5.41, 5.74) is 0. The average molecular weight is 197 g/mol. The van der Waals surface area contributed by atoms with Crippen molar-refractivity contribution in [1.29, 1.82) is 0 Å². The Morgan fingerprint density at radius 2 is 0.818 bits per heavy atom. The molecule has 0 aromatic carbocycles. The lowest BCUT2D eigenvalue weighted by atomic mass is 10.2. The predicted molar refractivity (Wildman–Crippen MR) is 49.4 cm³/mol. The molecule has 0 aliphatic heterocycles. The fraction of sp³-hybridized carbons (Fsp3) is 0.875. The molecule has 0 bridgehead atoms. The van der Waals surface area contributed by atoms with Gasteiger partial charge in [-0.05, 0) is 23.2 Å². The molecule has 1 aliphatic rings. The van der Waals surface area contributed by atoms with Gasteiger partial charge in [0, 0.05) is 0 Å². The van der Waals surface area contributed by atoms with Gasteiger partial charge in [0.15, 0.2) is 0 Å². The molecule has 0 saturated heterocycles. The Bertz CT molecular complexity index is 80.6. The van der Waals surface area contributed by atoms with E-state index in [2.05, 4.69) is 23.2 Å². The van der Waals surface area contributed by atoms with E-state index in [1.165, 1.54) is 44.9 Å². The first-order valence-corrected chi connectivity index (χ1v) is 4.84. The van der Waals surface area contributed by atoms with Crippen LogP contribution in [0.1, 0.15) is 44.9 Å². The molecule has 1 rings (SSSR count). The SMILES string of the molecule is C1CCCCCC1.O=C(Cl)Cl. The molecular formula is C8H14Cl2O. The lowest BCUT2D eigenvalue weighted by Gasteiger charge is -1.85. The molecular weight excluding hydrogens is 183 g/mol. The van der Waals surface area contributed by atoms with Crippen molar-refractivity contribution in [3.05, 3.63) is 0 Å². The second kappa shape index (κ2) is 8.35. The fourth-order valence-electron chi connectivity index (χ4n) is 1.24. The van der Waals surface area contributed by atoms with Crippen LogP contribution in [0.25, 0.3) is 0 Å². The molecule has 0 aromatic heterocycles. The Balaban J connectivity index is 0.000000218. The Morgan fingerprint density at radius 3 is 0.909 bits per heavy atom. The van der Waals surface area contributed by atoms with Crippen LogP contribution in [0.2, 0.25) is 0 Å². The zero-order chi connectivity index (χ0) is 8.53. The van der Waals surface area contributed by atoms with Crippen LogP contribution in [-0.2, 0) is 0 Å². The van der Waals surface area contributed by atoms with Gasteiger partial charge in [0.1, 0.15) is 0 Å².